The minimum Gasteiger partial charge on any atom is -0.508 e. The van der Waals surface area contributed by atoms with Crippen LogP contribution in [0.25, 0.3) is 0 Å². The number of likely N-dealkylation sites (tertiary alicyclic amines) is 1. The summed E-state index contributed by atoms with van der Waals surface area (Å²) in [5.74, 6) is -2.20. The monoisotopic (exact) mass is 452 g/mol. The van der Waals surface area contributed by atoms with Crippen LogP contribution >= 0.6 is 0 Å². The summed E-state index contributed by atoms with van der Waals surface area (Å²) < 4.78 is 10.6. The van der Waals surface area contributed by atoms with Gasteiger partial charge >= 0.3 is 0 Å². The summed E-state index contributed by atoms with van der Waals surface area (Å²) >= 11 is 0. The predicted molar refractivity (Wildman–Crippen MR) is 120 cm³/mol. The number of benzene rings is 2. The van der Waals surface area contributed by atoms with Crippen molar-refractivity contribution in [3.8, 4) is 11.5 Å². The van der Waals surface area contributed by atoms with Crippen molar-refractivity contribution >= 4 is 17.5 Å². The van der Waals surface area contributed by atoms with Crippen LogP contribution in [0.2, 0.25) is 0 Å². The molecule has 2 saturated heterocycles. The summed E-state index contributed by atoms with van der Waals surface area (Å²) in [4.78, 5) is 43.5. The Balaban J connectivity index is 1.67. The van der Waals surface area contributed by atoms with Gasteiger partial charge in [0.2, 0.25) is 5.78 Å². The average Bonchev–Trinajstić information content (AvgIpc) is 3.08. The molecule has 33 heavy (non-hydrogen) atoms. The molecule has 0 aliphatic carbocycles. The lowest BCUT2D eigenvalue weighted by molar-refractivity contribution is -0.141. The van der Waals surface area contributed by atoms with Gasteiger partial charge in [0.05, 0.1) is 26.4 Å². The molecule has 1 N–H and O–H groups in total. The van der Waals surface area contributed by atoms with E-state index in [0.29, 0.717) is 48.7 Å². The van der Waals surface area contributed by atoms with Crippen molar-refractivity contribution in [2.24, 2.45) is 5.92 Å². The molecular weight excluding hydrogens is 424 g/mol. The molecule has 0 radical (unpaired) electrons. The van der Waals surface area contributed by atoms with Crippen molar-refractivity contribution in [2.75, 3.05) is 46.5 Å². The average molecular weight is 453 g/mol. The molecule has 4 rings (SSSR count). The first-order valence-corrected chi connectivity index (χ1v) is 11.0. The standard InChI is InChI=1S/C25H28N2O6/c1-16-15-19(32-2)7-8-20(16)23(29)21-22(17-3-5-18(28)6-4-17)27(25(31)24(21)30)10-9-26-11-13-33-14-12-26/h3-8,15,21-22,28H,9-14H2,1-2H3. The first-order chi connectivity index (χ1) is 15.9. The highest BCUT2D eigenvalue weighted by atomic mass is 16.5. The smallest absolute Gasteiger partial charge is 0.291 e. The second kappa shape index (κ2) is 9.72. The lowest BCUT2D eigenvalue weighted by atomic mass is 9.85. The fraction of sp³-hybridized carbons (Fsp3) is 0.400. The van der Waals surface area contributed by atoms with Crippen molar-refractivity contribution in [1.29, 1.82) is 0 Å². The largest absolute Gasteiger partial charge is 0.508 e. The molecule has 2 aliphatic heterocycles. The van der Waals surface area contributed by atoms with Gasteiger partial charge in [-0.25, -0.2) is 0 Å². The Morgan fingerprint density at radius 2 is 1.79 bits per heavy atom. The summed E-state index contributed by atoms with van der Waals surface area (Å²) in [6, 6.07) is 10.6. The van der Waals surface area contributed by atoms with Gasteiger partial charge in [-0.15, -0.1) is 0 Å². The second-order valence-corrected chi connectivity index (χ2v) is 8.38. The van der Waals surface area contributed by atoms with Crippen molar-refractivity contribution in [3.63, 3.8) is 0 Å². The van der Waals surface area contributed by atoms with Crippen LogP contribution in [0.15, 0.2) is 42.5 Å². The molecule has 0 saturated carbocycles. The summed E-state index contributed by atoms with van der Waals surface area (Å²) in [5, 5.41) is 9.74. The number of hydrogen-bond acceptors (Lipinski definition) is 7. The number of ketones is 2. The number of hydrogen-bond donors (Lipinski definition) is 1. The van der Waals surface area contributed by atoms with E-state index < -0.39 is 23.7 Å². The number of aromatic hydroxyl groups is 1. The number of nitrogens with zero attached hydrogens (tertiary/aromatic N) is 2. The van der Waals surface area contributed by atoms with Gasteiger partial charge in [0.25, 0.3) is 5.91 Å². The Morgan fingerprint density at radius 1 is 1.09 bits per heavy atom. The Hall–Kier alpha value is -3.23. The highest BCUT2D eigenvalue weighted by Gasteiger charge is 2.51. The Bertz CT molecular complexity index is 1050. The van der Waals surface area contributed by atoms with E-state index in [2.05, 4.69) is 4.90 Å². The summed E-state index contributed by atoms with van der Waals surface area (Å²) in [6.07, 6.45) is 0. The van der Waals surface area contributed by atoms with Gasteiger partial charge in [-0.2, -0.15) is 0 Å². The van der Waals surface area contributed by atoms with E-state index in [1.165, 1.54) is 17.0 Å². The maximum Gasteiger partial charge on any atom is 0.291 e. The molecule has 8 nitrogen and oxygen atoms in total. The van der Waals surface area contributed by atoms with Gasteiger partial charge < -0.3 is 19.5 Å². The third-order valence-corrected chi connectivity index (χ3v) is 6.38. The number of aryl methyl sites for hydroxylation is 1. The molecule has 0 bridgehead atoms. The minimum atomic E-state index is -1.15. The maximum absolute atomic E-state index is 13.6. The highest BCUT2D eigenvalue weighted by Crippen LogP contribution is 2.39. The molecule has 8 heteroatoms. The van der Waals surface area contributed by atoms with Crippen molar-refractivity contribution < 1.29 is 29.0 Å². The van der Waals surface area contributed by atoms with E-state index in [1.807, 2.05) is 0 Å². The Kier molecular flexibility index (Phi) is 6.76. The van der Waals surface area contributed by atoms with Gasteiger partial charge in [0.1, 0.15) is 17.4 Å². The van der Waals surface area contributed by atoms with Crippen LogP contribution in [0.1, 0.15) is 27.5 Å². The van der Waals surface area contributed by atoms with Crippen LogP contribution < -0.4 is 4.74 Å². The summed E-state index contributed by atoms with van der Waals surface area (Å²) in [7, 11) is 1.54. The van der Waals surface area contributed by atoms with Crippen LogP contribution in [-0.2, 0) is 14.3 Å². The molecular formula is C25H28N2O6. The molecule has 2 fully saturated rings. The van der Waals surface area contributed by atoms with E-state index in [-0.39, 0.29) is 11.5 Å². The van der Waals surface area contributed by atoms with Crippen molar-refractivity contribution in [1.82, 2.24) is 9.80 Å². The third kappa shape index (κ3) is 4.62. The molecule has 0 aromatic heterocycles. The van der Waals surface area contributed by atoms with Crippen molar-refractivity contribution in [3.05, 3.63) is 59.2 Å². The first kappa shape index (κ1) is 22.9. The zero-order valence-electron chi connectivity index (χ0n) is 18.8. The van der Waals surface area contributed by atoms with Gasteiger partial charge in [-0.05, 0) is 48.4 Å². The number of carbonyl (C=O) groups excluding carboxylic acids is 3. The first-order valence-electron chi connectivity index (χ1n) is 11.0. The predicted octanol–water partition coefficient (Wildman–Crippen LogP) is 1.99. The van der Waals surface area contributed by atoms with Crippen LogP contribution in [-0.4, -0.2) is 78.9 Å². The number of amides is 1. The SMILES string of the molecule is COc1ccc(C(=O)C2C(=O)C(=O)N(CCN3CCOCC3)C2c2ccc(O)cc2)c(C)c1. The van der Waals surface area contributed by atoms with Crippen LogP contribution in [0.5, 0.6) is 11.5 Å². The molecule has 2 aromatic rings. The van der Waals surface area contributed by atoms with Gasteiger partial charge in [-0.1, -0.05) is 12.1 Å². The Morgan fingerprint density at radius 3 is 2.42 bits per heavy atom. The molecule has 174 valence electrons. The van der Waals surface area contributed by atoms with E-state index in [1.54, 1.807) is 44.4 Å². The minimum absolute atomic E-state index is 0.0724. The molecule has 2 atom stereocenters. The van der Waals surface area contributed by atoms with Crippen LogP contribution in [0, 0.1) is 12.8 Å². The normalized spacial score (nSPS) is 21.5. The number of Topliss-reactive ketones (excluding diaryl/α,β-unsaturated/α-hetero) is 2. The fourth-order valence-corrected chi connectivity index (χ4v) is 4.55. The number of rotatable bonds is 7. The number of carbonyl (C=O) groups is 3. The van der Waals surface area contributed by atoms with E-state index >= 15 is 0 Å². The van der Waals surface area contributed by atoms with Crippen LogP contribution in [0.4, 0.5) is 0 Å². The number of phenols is 1. The lowest BCUT2D eigenvalue weighted by Crippen LogP contribution is -2.42. The maximum atomic E-state index is 13.6. The molecule has 2 aliphatic rings. The van der Waals surface area contributed by atoms with E-state index in [4.69, 9.17) is 9.47 Å². The second-order valence-electron chi connectivity index (χ2n) is 8.38. The number of morpholine rings is 1. The third-order valence-electron chi connectivity index (χ3n) is 6.38. The summed E-state index contributed by atoms with van der Waals surface area (Å²) in [6.45, 7) is 5.46. The lowest BCUT2D eigenvalue weighted by Gasteiger charge is -2.31. The molecule has 0 spiro atoms. The molecule has 2 aromatic carbocycles. The summed E-state index contributed by atoms with van der Waals surface area (Å²) in [5.41, 5.74) is 1.70. The Labute approximate surface area is 192 Å². The van der Waals surface area contributed by atoms with Gasteiger partial charge in [0.15, 0.2) is 5.78 Å². The number of methoxy groups -OCH3 is 1. The van der Waals surface area contributed by atoms with E-state index in [9.17, 15) is 19.5 Å². The van der Waals surface area contributed by atoms with Gasteiger partial charge in [-0.3, -0.25) is 19.3 Å². The zero-order valence-corrected chi connectivity index (χ0v) is 18.8. The zero-order chi connectivity index (χ0) is 23.5. The fourth-order valence-electron chi connectivity index (χ4n) is 4.55. The number of ether oxygens (including phenoxy) is 2. The van der Waals surface area contributed by atoms with Crippen LogP contribution in [0.3, 0.4) is 0 Å². The van der Waals surface area contributed by atoms with Gasteiger partial charge in [0, 0.05) is 31.7 Å². The molecule has 2 heterocycles. The quantitative estimate of drug-likeness (QED) is 0.390. The van der Waals surface area contributed by atoms with Crippen molar-refractivity contribution in [2.45, 2.75) is 13.0 Å². The topological polar surface area (TPSA) is 96.4 Å². The molecule has 2 unspecified atom stereocenters. The highest BCUT2D eigenvalue weighted by molar-refractivity contribution is 6.44. The van der Waals surface area contributed by atoms with E-state index in [0.717, 1.165) is 13.1 Å². The molecule has 1 amide bonds. The number of phenolic OH excluding ortho intramolecular Hbond substituents is 1.